The number of nitrogens with zero attached hydrogens (tertiary/aromatic N) is 1. The summed E-state index contributed by atoms with van der Waals surface area (Å²) in [5.74, 6) is -1.45. The van der Waals surface area contributed by atoms with Gasteiger partial charge in [-0.2, -0.15) is 0 Å². The van der Waals surface area contributed by atoms with Crippen LogP contribution in [0.3, 0.4) is 0 Å². The molecule has 2 N–H and O–H groups in total. The van der Waals surface area contributed by atoms with Gasteiger partial charge in [0.15, 0.2) is 0 Å². The van der Waals surface area contributed by atoms with Gasteiger partial charge in [-0.25, -0.2) is 0 Å². The number of carbonyl (C=O) groups excluding carboxylic acids is 1. The van der Waals surface area contributed by atoms with Gasteiger partial charge in [-0.15, -0.1) is 0 Å². The molecule has 0 saturated carbocycles. The van der Waals surface area contributed by atoms with E-state index in [1.165, 1.54) is 6.92 Å². The first-order chi connectivity index (χ1) is 7.82. The Bertz CT molecular complexity index is 440. The van der Waals surface area contributed by atoms with E-state index >= 15 is 0 Å². The molecule has 1 aromatic heterocycles. The normalized spacial score (nSPS) is 12.5. The highest BCUT2D eigenvalue weighted by Crippen LogP contribution is 2.19. The number of carboxylic acids is 1. The molecule has 1 rings (SSSR count). The van der Waals surface area contributed by atoms with E-state index in [2.05, 4.69) is 21.2 Å². The lowest BCUT2D eigenvalue weighted by molar-refractivity contribution is -0.138. The predicted octanol–water partition coefficient (Wildman–Crippen LogP) is 2.03. The van der Waals surface area contributed by atoms with E-state index < -0.39 is 12.0 Å². The standard InChI is InChI=1S/C11H15BrN2O3/c1-6(2)14-5-8(12)4-9(14)10(15)13-7(3)11(16)17/h4-7H,1-3H3,(H,13,15)(H,16,17)/t7-/m1/s1. The Morgan fingerprint density at radius 2 is 2.00 bits per heavy atom. The van der Waals surface area contributed by atoms with E-state index in [1.54, 1.807) is 16.8 Å². The number of halogens is 1. The Labute approximate surface area is 108 Å². The topological polar surface area (TPSA) is 71.3 Å². The van der Waals surface area contributed by atoms with Gasteiger partial charge in [0.05, 0.1) is 0 Å². The summed E-state index contributed by atoms with van der Waals surface area (Å²) >= 11 is 3.30. The van der Waals surface area contributed by atoms with Crippen LogP contribution in [0.4, 0.5) is 0 Å². The highest BCUT2D eigenvalue weighted by atomic mass is 79.9. The van der Waals surface area contributed by atoms with Crippen LogP contribution in [0.25, 0.3) is 0 Å². The number of hydrogen-bond donors (Lipinski definition) is 2. The third kappa shape index (κ3) is 3.33. The van der Waals surface area contributed by atoms with E-state index in [0.717, 1.165) is 4.47 Å². The van der Waals surface area contributed by atoms with Gasteiger partial charge in [-0.3, -0.25) is 9.59 Å². The van der Waals surface area contributed by atoms with Gasteiger partial charge in [0.2, 0.25) is 0 Å². The maximum absolute atomic E-state index is 11.9. The van der Waals surface area contributed by atoms with Crippen LogP contribution in [-0.2, 0) is 4.79 Å². The Kier molecular flexibility index (Phi) is 4.34. The second-order valence-electron chi connectivity index (χ2n) is 4.08. The predicted molar refractivity (Wildman–Crippen MR) is 67.1 cm³/mol. The molecule has 6 heteroatoms. The number of amides is 1. The summed E-state index contributed by atoms with van der Waals surface area (Å²) in [6, 6.07) is 0.892. The molecule has 0 aliphatic heterocycles. The molecule has 5 nitrogen and oxygen atoms in total. The van der Waals surface area contributed by atoms with Crippen molar-refractivity contribution in [2.75, 3.05) is 0 Å². The average molecular weight is 303 g/mol. The fourth-order valence-electron chi connectivity index (χ4n) is 1.39. The molecule has 0 aliphatic carbocycles. The van der Waals surface area contributed by atoms with Crippen LogP contribution in [0, 0.1) is 0 Å². The SMILES string of the molecule is CC(C)n1cc(Br)cc1C(=O)N[C@H](C)C(=O)O. The molecule has 0 fully saturated rings. The Balaban J connectivity index is 2.92. The van der Waals surface area contributed by atoms with Crippen molar-refractivity contribution in [3.05, 3.63) is 22.4 Å². The molecular weight excluding hydrogens is 288 g/mol. The average Bonchev–Trinajstić information content (AvgIpc) is 2.60. The molecule has 0 aliphatic rings. The van der Waals surface area contributed by atoms with E-state index in [0.29, 0.717) is 5.69 Å². The van der Waals surface area contributed by atoms with Crippen LogP contribution in [0.5, 0.6) is 0 Å². The fraction of sp³-hybridized carbons (Fsp3) is 0.455. The van der Waals surface area contributed by atoms with Gasteiger partial charge in [0, 0.05) is 16.7 Å². The number of nitrogens with one attached hydrogen (secondary N) is 1. The second kappa shape index (κ2) is 5.35. The lowest BCUT2D eigenvalue weighted by Gasteiger charge is -2.14. The molecule has 17 heavy (non-hydrogen) atoms. The first-order valence-corrected chi connectivity index (χ1v) is 6.03. The van der Waals surface area contributed by atoms with Gasteiger partial charge >= 0.3 is 5.97 Å². The smallest absolute Gasteiger partial charge is 0.325 e. The van der Waals surface area contributed by atoms with Crippen molar-refractivity contribution in [3.8, 4) is 0 Å². The summed E-state index contributed by atoms with van der Waals surface area (Å²) in [6.07, 6.45) is 1.80. The van der Waals surface area contributed by atoms with E-state index in [4.69, 9.17) is 5.11 Å². The lowest BCUT2D eigenvalue weighted by atomic mass is 10.3. The van der Waals surface area contributed by atoms with Crippen LogP contribution < -0.4 is 5.32 Å². The minimum Gasteiger partial charge on any atom is -0.480 e. The van der Waals surface area contributed by atoms with Crippen molar-refractivity contribution < 1.29 is 14.7 Å². The van der Waals surface area contributed by atoms with Crippen LogP contribution >= 0.6 is 15.9 Å². The number of carbonyl (C=O) groups is 2. The van der Waals surface area contributed by atoms with Crippen LogP contribution in [-0.4, -0.2) is 27.6 Å². The maximum Gasteiger partial charge on any atom is 0.325 e. The minimum absolute atomic E-state index is 0.127. The van der Waals surface area contributed by atoms with Gasteiger partial charge < -0.3 is 15.0 Å². The number of rotatable bonds is 4. The fourth-order valence-corrected chi connectivity index (χ4v) is 1.82. The third-order valence-corrected chi connectivity index (χ3v) is 2.76. The number of carboxylic acid groups (broad SMARTS) is 1. The molecule has 1 atom stereocenters. The summed E-state index contributed by atoms with van der Waals surface area (Å²) in [7, 11) is 0. The van der Waals surface area contributed by atoms with Crippen molar-refractivity contribution >= 4 is 27.8 Å². The first-order valence-electron chi connectivity index (χ1n) is 5.24. The minimum atomic E-state index is -1.06. The summed E-state index contributed by atoms with van der Waals surface area (Å²) in [5.41, 5.74) is 0.444. The third-order valence-electron chi connectivity index (χ3n) is 2.32. The molecule has 0 unspecified atom stereocenters. The molecule has 94 valence electrons. The molecule has 0 radical (unpaired) electrons. The Morgan fingerprint density at radius 3 is 2.47 bits per heavy atom. The zero-order chi connectivity index (χ0) is 13.2. The van der Waals surface area contributed by atoms with Crippen molar-refractivity contribution in [1.82, 2.24) is 9.88 Å². The largest absolute Gasteiger partial charge is 0.480 e. The van der Waals surface area contributed by atoms with Crippen LogP contribution in [0.15, 0.2) is 16.7 Å². The van der Waals surface area contributed by atoms with Crippen LogP contribution in [0.2, 0.25) is 0 Å². The van der Waals surface area contributed by atoms with Gasteiger partial charge in [0.25, 0.3) is 5.91 Å². The lowest BCUT2D eigenvalue weighted by Crippen LogP contribution is -2.39. The van der Waals surface area contributed by atoms with Gasteiger partial charge in [-0.1, -0.05) is 0 Å². The second-order valence-corrected chi connectivity index (χ2v) is 4.99. The summed E-state index contributed by atoms with van der Waals surface area (Å²) in [6.45, 7) is 5.33. The van der Waals surface area contributed by atoms with Gasteiger partial charge in [0.1, 0.15) is 11.7 Å². The number of aliphatic carboxylic acids is 1. The summed E-state index contributed by atoms with van der Waals surface area (Å²) in [4.78, 5) is 22.5. The molecule has 0 saturated heterocycles. The number of aromatic nitrogens is 1. The summed E-state index contributed by atoms with van der Waals surface area (Å²) in [5, 5.41) is 11.2. The molecule has 1 amide bonds. The molecule has 1 aromatic rings. The highest BCUT2D eigenvalue weighted by Gasteiger charge is 2.19. The molecule has 0 aromatic carbocycles. The molecule has 0 spiro atoms. The maximum atomic E-state index is 11.9. The van der Waals surface area contributed by atoms with E-state index in [-0.39, 0.29) is 11.9 Å². The van der Waals surface area contributed by atoms with Crippen molar-refractivity contribution in [3.63, 3.8) is 0 Å². The molecule has 0 bridgehead atoms. The van der Waals surface area contributed by atoms with E-state index in [1.807, 2.05) is 13.8 Å². The van der Waals surface area contributed by atoms with Crippen molar-refractivity contribution in [2.45, 2.75) is 32.9 Å². The summed E-state index contributed by atoms with van der Waals surface area (Å²) < 4.78 is 2.58. The van der Waals surface area contributed by atoms with E-state index in [9.17, 15) is 9.59 Å². The molecular formula is C11H15BrN2O3. The van der Waals surface area contributed by atoms with Gasteiger partial charge in [-0.05, 0) is 42.8 Å². The highest BCUT2D eigenvalue weighted by molar-refractivity contribution is 9.10. The zero-order valence-corrected chi connectivity index (χ0v) is 11.5. The number of hydrogen-bond acceptors (Lipinski definition) is 2. The Morgan fingerprint density at radius 1 is 1.41 bits per heavy atom. The monoisotopic (exact) mass is 302 g/mol. The van der Waals surface area contributed by atoms with Crippen LogP contribution in [0.1, 0.15) is 37.3 Å². The quantitative estimate of drug-likeness (QED) is 0.894. The molecule has 1 heterocycles. The zero-order valence-electron chi connectivity index (χ0n) is 9.90. The first kappa shape index (κ1) is 13.8. The van der Waals surface area contributed by atoms with Crippen molar-refractivity contribution in [2.24, 2.45) is 0 Å². The Hall–Kier alpha value is -1.30. The van der Waals surface area contributed by atoms with Crippen molar-refractivity contribution in [1.29, 1.82) is 0 Å².